The molecule has 222 valence electrons. The first-order valence-electron chi connectivity index (χ1n) is 13.3. The first kappa shape index (κ1) is 29.0. The summed E-state index contributed by atoms with van der Waals surface area (Å²) in [5.74, 6) is -1.45. The Balaban J connectivity index is 1.42. The van der Waals surface area contributed by atoms with Crippen LogP contribution in [0, 0.1) is 0 Å². The Kier molecular flexibility index (Phi) is 6.99. The van der Waals surface area contributed by atoms with Gasteiger partial charge in [0.1, 0.15) is 5.60 Å². The molecule has 0 radical (unpaired) electrons. The molecule has 2 aromatic heterocycles. The lowest BCUT2D eigenvalue weighted by Crippen LogP contribution is -2.61. The van der Waals surface area contributed by atoms with Crippen LogP contribution in [-0.2, 0) is 10.9 Å². The molecule has 1 aliphatic rings. The number of nitrogens with one attached hydrogen (secondary N) is 1. The number of carboxylic acids is 1. The minimum absolute atomic E-state index is 0.0114. The predicted molar refractivity (Wildman–Crippen MR) is 150 cm³/mol. The third-order valence-corrected chi connectivity index (χ3v) is 7.10. The monoisotopic (exact) mass is 584 g/mol. The summed E-state index contributed by atoms with van der Waals surface area (Å²) in [6.07, 6.45) is -3.57. The van der Waals surface area contributed by atoms with Crippen molar-refractivity contribution in [3.05, 3.63) is 59.9 Å². The van der Waals surface area contributed by atoms with Crippen molar-refractivity contribution in [2.75, 3.05) is 24.5 Å². The quantitative estimate of drug-likeness (QED) is 0.265. The summed E-state index contributed by atoms with van der Waals surface area (Å²) in [5.41, 5.74) is -0.917. The van der Waals surface area contributed by atoms with E-state index in [1.54, 1.807) is 17.0 Å². The van der Waals surface area contributed by atoms with Gasteiger partial charge in [-0.25, -0.2) is 14.6 Å². The first-order valence-corrected chi connectivity index (χ1v) is 13.3. The molecular weight excluding hydrogens is 553 g/mol. The van der Waals surface area contributed by atoms with E-state index in [9.17, 15) is 27.9 Å². The van der Waals surface area contributed by atoms with Gasteiger partial charge < -0.3 is 24.1 Å². The molecule has 0 spiro atoms. The lowest BCUT2D eigenvalue weighted by atomic mass is 9.98. The Bertz CT molecular complexity index is 1650. The number of fused-ring (bicyclic) bond motifs is 1. The molecule has 5 rings (SSSR count). The summed E-state index contributed by atoms with van der Waals surface area (Å²) >= 11 is 0. The lowest BCUT2D eigenvalue weighted by Gasteiger charge is -2.47. The number of halogens is 3. The molecule has 0 aliphatic carbocycles. The van der Waals surface area contributed by atoms with Crippen molar-refractivity contribution in [3.8, 4) is 22.8 Å². The third-order valence-electron chi connectivity index (χ3n) is 7.10. The van der Waals surface area contributed by atoms with E-state index < -0.39 is 28.8 Å². The number of benzene rings is 2. The molecule has 0 saturated carbocycles. The number of piperazine rings is 1. The van der Waals surface area contributed by atoms with Crippen molar-refractivity contribution in [1.29, 1.82) is 0 Å². The minimum atomic E-state index is -4.57. The molecule has 0 atom stereocenters. The summed E-state index contributed by atoms with van der Waals surface area (Å²) in [6, 6.07) is 10.7. The van der Waals surface area contributed by atoms with Crippen molar-refractivity contribution in [2.45, 2.75) is 51.9 Å². The Hall–Kier alpha value is -4.48. The highest BCUT2D eigenvalue weighted by atomic mass is 19.4. The van der Waals surface area contributed by atoms with Crippen LogP contribution < -0.4 is 4.90 Å². The van der Waals surface area contributed by atoms with Crippen LogP contribution in [0.15, 0.2) is 53.1 Å². The number of aromatic carboxylic acids is 1. The Morgan fingerprint density at radius 3 is 2.33 bits per heavy atom. The van der Waals surface area contributed by atoms with Crippen LogP contribution in [0.4, 0.5) is 23.7 Å². The van der Waals surface area contributed by atoms with E-state index in [1.165, 1.54) is 18.3 Å². The first-order chi connectivity index (χ1) is 19.5. The zero-order valence-electron chi connectivity index (χ0n) is 23.8. The lowest BCUT2D eigenvalue weighted by molar-refractivity contribution is -0.136. The van der Waals surface area contributed by atoms with E-state index in [2.05, 4.69) is 14.9 Å². The maximum absolute atomic E-state index is 13.5. The molecule has 12 heteroatoms. The molecular formula is C30H31F3N4O5. The Morgan fingerprint density at radius 1 is 1.05 bits per heavy atom. The molecule has 2 aromatic carbocycles. The zero-order valence-corrected chi connectivity index (χ0v) is 23.8. The van der Waals surface area contributed by atoms with Gasteiger partial charge in [0.05, 0.1) is 16.6 Å². The highest BCUT2D eigenvalue weighted by molar-refractivity contribution is 5.97. The fourth-order valence-electron chi connectivity index (χ4n) is 5.21. The normalized spacial score (nSPS) is 15.7. The number of anilines is 1. The maximum Gasteiger partial charge on any atom is 0.418 e. The number of oxazole rings is 1. The van der Waals surface area contributed by atoms with E-state index >= 15 is 0 Å². The molecule has 42 heavy (non-hydrogen) atoms. The number of carbonyl (C=O) groups is 2. The van der Waals surface area contributed by atoms with Crippen LogP contribution in [0.2, 0.25) is 0 Å². The topological polar surface area (TPSA) is 112 Å². The van der Waals surface area contributed by atoms with Crippen molar-refractivity contribution in [3.63, 3.8) is 0 Å². The summed E-state index contributed by atoms with van der Waals surface area (Å²) in [4.78, 5) is 35.4. The van der Waals surface area contributed by atoms with Crippen LogP contribution in [0.5, 0.6) is 0 Å². The van der Waals surface area contributed by atoms with Crippen molar-refractivity contribution in [1.82, 2.24) is 14.9 Å². The van der Waals surface area contributed by atoms with Crippen molar-refractivity contribution < 1.29 is 37.0 Å². The van der Waals surface area contributed by atoms with Gasteiger partial charge in [0.15, 0.2) is 11.5 Å². The predicted octanol–water partition coefficient (Wildman–Crippen LogP) is 7.04. The molecule has 9 nitrogen and oxygen atoms in total. The SMILES string of the molecule is CC(C)(C)OC(=O)N1CCN(c2ccc(-c3oc(-c4ccc(C(F)(F)F)c5[nH]ccc45)nc3C(=O)O)cc2)CC1(C)C. The molecule has 1 aliphatic heterocycles. The molecule has 1 fully saturated rings. The summed E-state index contributed by atoms with van der Waals surface area (Å²) in [6.45, 7) is 11.0. The van der Waals surface area contributed by atoms with Gasteiger partial charge >= 0.3 is 18.2 Å². The number of nitrogens with zero attached hydrogens (tertiary/aromatic N) is 3. The van der Waals surface area contributed by atoms with Gasteiger partial charge in [-0.2, -0.15) is 13.2 Å². The fraction of sp³-hybridized carbons (Fsp3) is 0.367. The second kappa shape index (κ2) is 10.1. The molecule has 1 saturated heterocycles. The standard InChI is InChI=1S/C30H31F3N4O5/c1-28(2,3)42-27(40)37-15-14-36(16-29(37,4)5)18-8-6-17(7-9-18)24-23(26(38)39)35-25(41-24)20-10-11-21(30(31,32)33)22-19(20)12-13-34-22/h6-13,34H,14-16H2,1-5H3,(H,38,39). The van der Waals surface area contributed by atoms with Crippen molar-refractivity contribution in [2.24, 2.45) is 0 Å². The smallest absolute Gasteiger partial charge is 0.418 e. The second-order valence-electron chi connectivity index (χ2n) is 11.8. The fourth-order valence-corrected chi connectivity index (χ4v) is 5.21. The molecule has 0 unspecified atom stereocenters. The number of aromatic nitrogens is 2. The van der Waals surface area contributed by atoms with Crippen LogP contribution in [-0.4, -0.2) is 62.8 Å². The second-order valence-corrected chi connectivity index (χ2v) is 11.8. The van der Waals surface area contributed by atoms with Gasteiger partial charge in [0, 0.05) is 48.0 Å². The molecule has 3 heterocycles. The number of amides is 1. The Labute approximate surface area is 239 Å². The number of aromatic amines is 1. The number of hydrogen-bond donors (Lipinski definition) is 2. The average molecular weight is 585 g/mol. The Morgan fingerprint density at radius 2 is 1.74 bits per heavy atom. The van der Waals surface area contributed by atoms with E-state index in [1.807, 2.05) is 46.8 Å². The number of H-pyrrole nitrogens is 1. The van der Waals surface area contributed by atoms with Gasteiger partial charge in [0.2, 0.25) is 5.89 Å². The average Bonchev–Trinajstić information content (AvgIpc) is 3.54. The van der Waals surface area contributed by atoms with Gasteiger partial charge in [-0.05, 0) is 77.1 Å². The van der Waals surface area contributed by atoms with E-state index in [-0.39, 0.29) is 39.9 Å². The van der Waals surface area contributed by atoms with Gasteiger partial charge in [-0.3, -0.25) is 4.90 Å². The van der Waals surface area contributed by atoms with Gasteiger partial charge in [-0.15, -0.1) is 0 Å². The molecule has 0 bridgehead atoms. The number of carboxylic acid groups (broad SMARTS) is 1. The highest BCUT2D eigenvalue weighted by Gasteiger charge is 2.39. The number of alkyl halides is 3. The summed E-state index contributed by atoms with van der Waals surface area (Å²) < 4.78 is 51.9. The van der Waals surface area contributed by atoms with E-state index in [0.29, 0.717) is 25.2 Å². The zero-order chi connectivity index (χ0) is 30.6. The maximum atomic E-state index is 13.5. The van der Waals surface area contributed by atoms with Gasteiger partial charge in [-0.1, -0.05) is 0 Å². The summed E-state index contributed by atoms with van der Waals surface area (Å²) in [7, 11) is 0. The van der Waals surface area contributed by atoms with Crippen molar-refractivity contribution >= 4 is 28.7 Å². The molecule has 2 N–H and O–H groups in total. The number of hydrogen-bond acceptors (Lipinski definition) is 6. The number of ether oxygens (including phenoxy) is 1. The minimum Gasteiger partial charge on any atom is -0.476 e. The number of rotatable bonds is 4. The van der Waals surface area contributed by atoms with Crippen LogP contribution >= 0.6 is 0 Å². The van der Waals surface area contributed by atoms with E-state index in [0.717, 1.165) is 11.8 Å². The highest BCUT2D eigenvalue weighted by Crippen LogP contribution is 2.40. The van der Waals surface area contributed by atoms with Gasteiger partial charge in [0.25, 0.3) is 0 Å². The van der Waals surface area contributed by atoms with Crippen LogP contribution in [0.3, 0.4) is 0 Å². The van der Waals surface area contributed by atoms with Crippen LogP contribution in [0.25, 0.3) is 33.7 Å². The summed E-state index contributed by atoms with van der Waals surface area (Å²) in [5, 5.41) is 10.0. The molecule has 1 amide bonds. The largest absolute Gasteiger partial charge is 0.476 e. The number of carbonyl (C=O) groups excluding carboxylic acids is 1. The third kappa shape index (κ3) is 5.53. The molecule has 4 aromatic rings. The van der Waals surface area contributed by atoms with E-state index in [4.69, 9.17) is 9.15 Å². The van der Waals surface area contributed by atoms with Crippen LogP contribution in [0.1, 0.15) is 50.7 Å².